The first-order valence-corrected chi connectivity index (χ1v) is 19.1. The summed E-state index contributed by atoms with van der Waals surface area (Å²) in [5, 5.41) is 20.2. The Bertz CT molecular complexity index is 2040. The van der Waals surface area contributed by atoms with Crippen molar-refractivity contribution in [2.75, 3.05) is 19.6 Å². The van der Waals surface area contributed by atoms with Crippen LogP contribution in [0.5, 0.6) is 0 Å². The number of esters is 1. The normalized spacial score (nSPS) is 16.9. The zero-order valence-electron chi connectivity index (χ0n) is 32.5. The Balaban J connectivity index is 1.44. The van der Waals surface area contributed by atoms with E-state index < -0.39 is 41.4 Å². The van der Waals surface area contributed by atoms with Crippen molar-refractivity contribution in [2.45, 2.75) is 111 Å². The van der Waals surface area contributed by atoms with Gasteiger partial charge in [-0.3, -0.25) is 24.0 Å². The molecule has 0 aliphatic carbocycles. The first-order valence-electron chi connectivity index (χ1n) is 19.1. The standard InChI is InChI=1S/C40H53N7O8/c1-7-11-30(43-34(49)19-42-33(48)18-41)36(50)45-31(16-22(3)4)38(52)46(23(5)6)15-14-24-25-12-9-10-13-29(25)44-35-26(24)20-47-32(35)17-28-27(37(47)51)21-55-39(53)40(28,54)8-2/h9-10,12-13,17,22-23,30-31,54H,7-8,11,14-16,18-21,41H2,1-6H3,(H,42,48)(H,43,49)(H,45,50)/t30-,31-,40-/m0/s1. The summed E-state index contributed by atoms with van der Waals surface area (Å²) in [5.74, 6) is -2.54. The van der Waals surface area contributed by atoms with Gasteiger partial charge < -0.3 is 41.0 Å². The zero-order chi connectivity index (χ0) is 40.2. The number of carbonyl (C=O) groups excluding carboxylic acids is 5. The molecular formula is C40H53N7O8. The molecule has 0 saturated heterocycles. The van der Waals surface area contributed by atoms with E-state index in [0.29, 0.717) is 42.6 Å². The number of para-hydroxylation sites is 1. The summed E-state index contributed by atoms with van der Waals surface area (Å²) in [4.78, 5) is 85.5. The molecule has 6 N–H and O–H groups in total. The molecule has 3 atom stereocenters. The maximum atomic E-state index is 14.4. The van der Waals surface area contributed by atoms with Crippen LogP contribution < -0.4 is 27.2 Å². The molecule has 2 aromatic heterocycles. The van der Waals surface area contributed by atoms with Crippen LogP contribution in [0.4, 0.5) is 0 Å². The van der Waals surface area contributed by atoms with E-state index in [4.69, 9.17) is 15.5 Å². The fourth-order valence-corrected chi connectivity index (χ4v) is 7.47. The Labute approximate surface area is 320 Å². The molecule has 2 aliphatic rings. The fourth-order valence-electron chi connectivity index (χ4n) is 7.47. The van der Waals surface area contributed by atoms with E-state index in [1.165, 1.54) is 0 Å². The molecular weight excluding hydrogens is 706 g/mol. The van der Waals surface area contributed by atoms with Crippen LogP contribution in [0.3, 0.4) is 0 Å². The second-order valence-electron chi connectivity index (χ2n) is 15.0. The molecule has 5 rings (SSSR count). The van der Waals surface area contributed by atoms with Gasteiger partial charge in [0.15, 0.2) is 5.60 Å². The number of nitrogens with two attached hydrogens (primary N) is 1. The predicted octanol–water partition coefficient (Wildman–Crippen LogP) is 1.75. The average molecular weight is 760 g/mol. The van der Waals surface area contributed by atoms with Crippen molar-refractivity contribution >= 4 is 40.5 Å². The van der Waals surface area contributed by atoms with E-state index in [0.717, 1.165) is 16.5 Å². The Morgan fingerprint density at radius 2 is 1.76 bits per heavy atom. The summed E-state index contributed by atoms with van der Waals surface area (Å²) in [5.41, 5.74) is 6.97. The van der Waals surface area contributed by atoms with E-state index in [1.54, 1.807) is 22.5 Å². The van der Waals surface area contributed by atoms with Crippen molar-refractivity contribution in [1.82, 2.24) is 30.4 Å². The SMILES string of the molecule is CCC[C@H](NC(=O)CNC(=O)CN)C(=O)N[C@@H](CC(C)C)C(=O)N(CCc1c2c(nc3ccccc13)-c1cc3c(c(=O)n1C2)COC(=O)[C@]3(O)CC)C(C)C. The molecule has 4 heterocycles. The quantitative estimate of drug-likeness (QED) is 0.104. The summed E-state index contributed by atoms with van der Waals surface area (Å²) in [6.45, 7) is 11.0. The molecule has 15 heteroatoms. The highest BCUT2D eigenvalue weighted by Crippen LogP contribution is 2.40. The van der Waals surface area contributed by atoms with Crippen LogP contribution in [0, 0.1) is 5.92 Å². The number of hydrogen-bond acceptors (Lipinski definition) is 10. The van der Waals surface area contributed by atoms with E-state index in [1.807, 2.05) is 58.9 Å². The van der Waals surface area contributed by atoms with Gasteiger partial charge in [-0.2, -0.15) is 0 Å². The van der Waals surface area contributed by atoms with Gasteiger partial charge in [0, 0.05) is 29.1 Å². The molecule has 0 spiro atoms. The lowest BCUT2D eigenvalue weighted by molar-refractivity contribution is -0.172. The molecule has 296 valence electrons. The minimum absolute atomic E-state index is 0.0328. The maximum Gasteiger partial charge on any atom is 0.343 e. The number of hydrogen-bond donors (Lipinski definition) is 5. The topological polar surface area (TPSA) is 215 Å². The van der Waals surface area contributed by atoms with Gasteiger partial charge in [-0.05, 0) is 63.1 Å². The highest BCUT2D eigenvalue weighted by atomic mass is 16.6. The average Bonchev–Trinajstić information content (AvgIpc) is 3.52. The predicted molar refractivity (Wildman–Crippen MR) is 205 cm³/mol. The Hall–Kier alpha value is -5.15. The summed E-state index contributed by atoms with van der Waals surface area (Å²) in [6.07, 6.45) is 1.71. The fraction of sp³-hybridized carbons (Fsp3) is 0.525. The molecule has 15 nitrogen and oxygen atoms in total. The van der Waals surface area contributed by atoms with Crippen LogP contribution in [0.15, 0.2) is 35.1 Å². The number of aliphatic hydroxyl groups is 1. The summed E-state index contributed by atoms with van der Waals surface area (Å²) >= 11 is 0. The third-order valence-corrected chi connectivity index (χ3v) is 10.4. The van der Waals surface area contributed by atoms with Crippen LogP contribution in [-0.2, 0) is 53.9 Å². The number of nitrogens with zero attached hydrogens (tertiary/aromatic N) is 3. The molecule has 1 aromatic carbocycles. The van der Waals surface area contributed by atoms with Gasteiger partial charge in [-0.1, -0.05) is 52.3 Å². The highest BCUT2D eigenvalue weighted by Gasteiger charge is 2.45. The molecule has 0 unspecified atom stereocenters. The third-order valence-electron chi connectivity index (χ3n) is 10.4. The first kappa shape index (κ1) is 41.0. The van der Waals surface area contributed by atoms with Crippen LogP contribution in [0.25, 0.3) is 22.3 Å². The Morgan fingerprint density at radius 1 is 1.04 bits per heavy atom. The number of ether oxygens (including phenoxy) is 1. The summed E-state index contributed by atoms with van der Waals surface area (Å²) in [6, 6.07) is 7.29. The van der Waals surface area contributed by atoms with Gasteiger partial charge in [0.25, 0.3) is 5.56 Å². The lowest BCUT2D eigenvalue weighted by Gasteiger charge is -2.33. The van der Waals surface area contributed by atoms with Crippen molar-refractivity contribution in [3.63, 3.8) is 0 Å². The highest BCUT2D eigenvalue weighted by molar-refractivity contribution is 5.94. The van der Waals surface area contributed by atoms with Crippen molar-refractivity contribution in [3.05, 3.63) is 62.9 Å². The number of rotatable bonds is 16. The maximum absolute atomic E-state index is 14.4. The van der Waals surface area contributed by atoms with Gasteiger partial charge in [-0.25, -0.2) is 9.78 Å². The number of pyridine rings is 2. The van der Waals surface area contributed by atoms with Crippen LogP contribution in [-0.4, -0.2) is 86.9 Å². The van der Waals surface area contributed by atoms with Crippen LogP contribution in [0.2, 0.25) is 0 Å². The van der Waals surface area contributed by atoms with Crippen molar-refractivity contribution in [3.8, 4) is 11.4 Å². The largest absolute Gasteiger partial charge is 0.458 e. The Kier molecular flexibility index (Phi) is 12.8. The second-order valence-corrected chi connectivity index (χ2v) is 15.0. The third kappa shape index (κ3) is 8.42. The lowest BCUT2D eigenvalue weighted by Crippen LogP contribution is -2.56. The molecule has 55 heavy (non-hydrogen) atoms. The monoisotopic (exact) mass is 759 g/mol. The minimum atomic E-state index is -1.95. The minimum Gasteiger partial charge on any atom is -0.458 e. The van der Waals surface area contributed by atoms with E-state index in [-0.39, 0.29) is 73.8 Å². The van der Waals surface area contributed by atoms with E-state index >= 15 is 0 Å². The number of nitrogens with one attached hydrogen (secondary N) is 3. The van der Waals surface area contributed by atoms with Crippen LogP contribution in [0.1, 0.15) is 89.5 Å². The first-order chi connectivity index (χ1) is 26.1. The number of aromatic nitrogens is 2. The van der Waals surface area contributed by atoms with Gasteiger partial charge >= 0.3 is 5.97 Å². The smallest absolute Gasteiger partial charge is 0.343 e. The van der Waals surface area contributed by atoms with Gasteiger partial charge in [0.2, 0.25) is 23.6 Å². The molecule has 2 aliphatic heterocycles. The van der Waals surface area contributed by atoms with E-state index in [9.17, 15) is 33.9 Å². The second kappa shape index (κ2) is 17.1. The lowest BCUT2D eigenvalue weighted by atomic mass is 9.86. The number of amides is 4. The number of carbonyl (C=O) groups is 5. The Morgan fingerprint density at radius 3 is 2.42 bits per heavy atom. The van der Waals surface area contributed by atoms with Crippen molar-refractivity contribution < 1.29 is 33.8 Å². The number of fused-ring (bicyclic) bond motifs is 5. The molecule has 0 saturated carbocycles. The zero-order valence-corrected chi connectivity index (χ0v) is 32.5. The van der Waals surface area contributed by atoms with Crippen molar-refractivity contribution in [2.24, 2.45) is 11.7 Å². The van der Waals surface area contributed by atoms with Gasteiger partial charge in [0.05, 0.1) is 42.1 Å². The molecule has 0 fully saturated rings. The number of cyclic esters (lactones) is 1. The van der Waals surface area contributed by atoms with Crippen molar-refractivity contribution in [1.29, 1.82) is 0 Å². The molecule has 4 amide bonds. The summed E-state index contributed by atoms with van der Waals surface area (Å²) in [7, 11) is 0. The summed E-state index contributed by atoms with van der Waals surface area (Å²) < 4.78 is 6.84. The molecule has 0 bridgehead atoms. The molecule has 0 radical (unpaired) electrons. The van der Waals surface area contributed by atoms with E-state index in [2.05, 4.69) is 16.0 Å². The van der Waals surface area contributed by atoms with Gasteiger partial charge in [-0.15, -0.1) is 0 Å². The van der Waals surface area contributed by atoms with Crippen LogP contribution >= 0.6 is 0 Å². The number of benzene rings is 1. The molecule has 3 aromatic rings. The van der Waals surface area contributed by atoms with Gasteiger partial charge in [0.1, 0.15) is 18.7 Å².